The normalized spacial score (nSPS) is 13.6. The maximum Gasteiger partial charge on any atom is 0.321 e. The van der Waals surface area contributed by atoms with Gasteiger partial charge in [0.25, 0.3) is 5.91 Å². The number of carbonyl (C=O) groups excluding carboxylic acids is 2. The molecule has 23 heavy (non-hydrogen) atoms. The van der Waals surface area contributed by atoms with Crippen molar-refractivity contribution in [1.82, 2.24) is 10.3 Å². The number of methoxy groups -OCH3 is 1. The van der Waals surface area contributed by atoms with Crippen LogP contribution in [0.25, 0.3) is 0 Å². The molecule has 1 saturated heterocycles. The average molecular weight is 312 g/mol. The number of anilines is 2. The highest BCUT2D eigenvalue weighted by Gasteiger charge is 2.21. The summed E-state index contributed by atoms with van der Waals surface area (Å²) in [5.41, 5.74) is 1.78. The van der Waals surface area contributed by atoms with E-state index in [0.29, 0.717) is 24.3 Å². The molecule has 0 saturated carbocycles. The minimum absolute atomic E-state index is 0.109. The van der Waals surface area contributed by atoms with E-state index in [4.69, 9.17) is 4.74 Å². The molecule has 2 heterocycles. The van der Waals surface area contributed by atoms with E-state index in [1.165, 1.54) is 7.11 Å². The van der Waals surface area contributed by atoms with Crippen molar-refractivity contribution in [2.75, 3.05) is 30.4 Å². The summed E-state index contributed by atoms with van der Waals surface area (Å²) in [7, 11) is 1.47. The Hall–Kier alpha value is -3.09. The van der Waals surface area contributed by atoms with Gasteiger partial charge in [0, 0.05) is 30.7 Å². The Morgan fingerprint density at radius 3 is 2.74 bits per heavy atom. The lowest BCUT2D eigenvalue weighted by Gasteiger charge is -2.15. The first-order valence-electron chi connectivity index (χ1n) is 7.15. The molecule has 0 unspecified atom stereocenters. The minimum atomic E-state index is -0.304. The number of ether oxygens (including phenoxy) is 1. The lowest BCUT2D eigenvalue weighted by Crippen LogP contribution is -2.27. The van der Waals surface area contributed by atoms with Crippen molar-refractivity contribution in [3.63, 3.8) is 0 Å². The molecule has 1 aliphatic rings. The molecule has 0 aliphatic carbocycles. The zero-order valence-corrected chi connectivity index (χ0v) is 12.6. The monoisotopic (exact) mass is 312 g/mol. The molecule has 0 radical (unpaired) electrons. The van der Waals surface area contributed by atoms with Gasteiger partial charge in [0.15, 0.2) is 0 Å². The number of rotatable bonds is 4. The highest BCUT2D eigenvalue weighted by Crippen LogP contribution is 2.21. The Bertz CT molecular complexity index is 730. The van der Waals surface area contributed by atoms with Crippen LogP contribution in [0.2, 0.25) is 0 Å². The third kappa shape index (κ3) is 3.08. The smallest absolute Gasteiger partial charge is 0.321 e. The second-order valence-corrected chi connectivity index (χ2v) is 4.94. The highest BCUT2D eigenvalue weighted by molar-refractivity contribution is 6.06. The Balaban J connectivity index is 1.73. The van der Waals surface area contributed by atoms with E-state index in [0.717, 1.165) is 5.69 Å². The summed E-state index contributed by atoms with van der Waals surface area (Å²) in [6.45, 7) is 1.27. The van der Waals surface area contributed by atoms with Gasteiger partial charge >= 0.3 is 6.03 Å². The lowest BCUT2D eigenvalue weighted by molar-refractivity contribution is 0.102. The van der Waals surface area contributed by atoms with Crippen LogP contribution in [0, 0.1) is 0 Å². The Morgan fingerprint density at radius 1 is 1.30 bits per heavy atom. The number of nitrogens with zero attached hydrogens (tertiary/aromatic N) is 2. The van der Waals surface area contributed by atoms with Gasteiger partial charge in [0.05, 0.1) is 7.11 Å². The van der Waals surface area contributed by atoms with Crippen molar-refractivity contribution in [3.8, 4) is 5.88 Å². The molecule has 3 rings (SSSR count). The predicted octanol–water partition coefficient (Wildman–Crippen LogP) is 1.87. The van der Waals surface area contributed by atoms with Crippen molar-refractivity contribution in [3.05, 3.63) is 48.2 Å². The first kappa shape index (κ1) is 14.8. The van der Waals surface area contributed by atoms with Crippen molar-refractivity contribution >= 4 is 23.3 Å². The maximum atomic E-state index is 12.3. The van der Waals surface area contributed by atoms with E-state index in [-0.39, 0.29) is 17.8 Å². The van der Waals surface area contributed by atoms with Crippen LogP contribution < -0.4 is 20.3 Å². The topological polar surface area (TPSA) is 83.6 Å². The second kappa shape index (κ2) is 6.35. The van der Waals surface area contributed by atoms with Crippen LogP contribution in [-0.4, -0.2) is 37.1 Å². The Kier molecular flexibility index (Phi) is 4.09. The van der Waals surface area contributed by atoms with E-state index in [2.05, 4.69) is 15.6 Å². The largest absolute Gasteiger partial charge is 0.480 e. The van der Waals surface area contributed by atoms with E-state index < -0.39 is 0 Å². The molecule has 3 amide bonds. The molecular formula is C16H16N4O3. The van der Waals surface area contributed by atoms with E-state index >= 15 is 0 Å². The molecule has 7 heteroatoms. The van der Waals surface area contributed by atoms with Gasteiger partial charge < -0.3 is 15.4 Å². The van der Waals surface area contributed by atoms with Crippen LogP contribution in [0.4, 0.5) is 16.2 Å². The van der Waals surface area contributed by atoms with Crippen LogP contribution in [0.1, 0.15) is 10.4 Å². The molecule has 2 N–H and O–H groups in total. The molecule has 0 spiro atoms. The number of pyridine rings is 1. The molecule has 0 bridgehead atoms. The number of carbonyl (C=O) groups is 2. The molecule has 118 valence electrons. The molecule has 1 aliphatic heterocycles. The SMILES string of the molecule is COc1ncccc1C(=O)Nc1ccc(N2CCNC2=O)cc1. The van der Waals surface area contributed by atoms with Crippen LogP contribution in [0.3, 0.4) is 0 Å². The Morgan fingerprint density at radius 2 is 2.09 bits per heavy atom. The number of aromatic nitrogens is 1. The summed E-state index contributed by atoms with van der Waals surface area (Å²) in [6, 6.07) is 10.3. The lowest BCUT2D eigenvalue weighted by atomic mass is 10.2. The first-order chi connectivity index (χ1) is 11.2. The molecule has 2 aromatic rings. The quantitative estimate of drug-likeness (QED) is 0.903. The van der Waals surface area contributed by atoms with Gasteiger partial charge in [-0.25, -0.2) is 9.78 Å². The van der Waals surface area contributed by atoms with Crippen molar-refractivity contribution < 1.29 is 14.3 Å². The second-order valence-electron chi connectivity index (χ2n) is 4.94. The Labute approximate surface area is 133 Å². The highest BCUT2D eigenvalue weighted by atomic mass is 16.5. The minimum Gasteiger partial charge on any atom is -0.480 e. The van der Waals surface area contributed by atoms with Gasteiger partial charge in [-0.1, -0.05) is 0 Å². The van der Waals surface area contributed by atoms with Gasteiger partial charge in [0.1, 0.15) is 5.56 Å². The van der Waals surface area contributed by atoms with Gasteiger partial charge in [-0.3, -0.25) is 9.69 Å². The zero-order chi connectivity index (χ0) is 16.2. The molecule has 0 atom stereocenters. The summed E-state index contributed by atoms with van der Waals surface area (Å²) >= 11 is 0. The summed E-state index contributed by atoms with van der Waals surface area (Å²) in [4.78, 5) is 29.5. The van der Waals surface area contributed by atoms with Crippen molar-refractivity contribution in [2.24, 2.45) is 0 Å². The summed E-state index contributed by atoms with van der Waals surface area (Å²) in [6.07, 6.45) is 1.56. The van der Waals surface area contributed by atoms with Crippen LogP contribution in [0.5, 0.6) is 5.88 Å². The van der Waals surface area contributed by atoms with Crippen LogP contribution in [0.15, 0.2) is 42.6 Å². The van der Waals surface area contributed by atoms with Gasteiger partial charge in [0.2, 0.25) is 5.88 Å². The van der Waals surface area contributed by atoms with Crippen LogP contribution in [-0.2, 0) is 0 Å². The van der Waals surface area contributed by atoms with Crippen molar-refractivity contribution in [2.45, 2.75) is 0 Å². The number of benzene rings is 1. The average Bonchev–Trinajstić information content (AvgIpc) is 3.01. The fraction of sp³-hybridized carbons (Fsp3) is 0.188. The number of urea groups is 1. The fourth-order valence-corrected chi connectivity index (χ4v) is 2.37. The standard InChI is InChI=1S/C16H16N4O3/c1-23-15-13(3-2-8-17-15)14(21)19-11-4-6-12(7-5-11)20-10-9-18-16(20)22/h2-8H,9-10H2,1H3,(H,18,22)(H,19,21). The predicted molar refractivity (Wildman–Crippen MR) is 85.9 cm³/mol. The summed E-state index contributed by atoms with van der Waals surface area (Å²) < 4.78 is 5.08. The molecule has 7 nitrogen and oxygen atoms in total. The third-order valence-electron chi connectivity index (χ3n) is 3.50. The number of hydrogen-bond donors (Lipinski definition) is 2. The summed E-state index contributed by atoms with van der Waals surface area (Å²) in [5.74, 6) is -0.0306. The third-order valence-corrected chi connectivity index (χ3v) is 3.50. The molecule has 1 fully saturated rings. The van der Waals surface area contributed by atoms with Crippen LogP contribution >= 0.6 is 0 Å². The van der Waals surface area contributed by atoms with Gasteiger partial charge in [-0.2, -0.15) is 0 Å². The molecule has 1 aromatic carbocycles. The molecule has 1 aromatic heterocycles. The van der Waals surface area contributed by atoms with E-state index in [1.54, 1.807) is 47.5 Å². The zero-order valence-electron chi connectivity index (χ0n) is 12.6. The van der Waals surface area contributed by atoms with Crippen molar-refractivity contribution in [1.29, 1.82) is 0 Å². The van der Waals surface area contributed by atoms with E-state index in [9.17, 15) is 9.59 Å². The van der Waals surface area contributed by atoms with Gasteiger partial charge in [-0.05, 0) is 36.4 Å². The molecular weight excluding hydrogens is 296 g/mol. The maximum absolute atomic E-state index is 12.3. The number of hydrogen-bond acceptors (Lipinski definition) is 4. The van der Waals surface area contributed by atoms with E-state index in [1.807, 2.05) is 0 Å². The summed E-state index contributed by atoms with van der Waals surface area (Å²) in [5, 5.41) is 5.53. The fourth-order valence-electron chi connectivity index (χ4n) is 2.37. The van der Waals surface area contributed by atoms with Gasteiger partial charge in [-0.15, -0.1) is 0 Å². The first-order valence-corrected chi connectivity index (χ1v) is 7.15. The number of amides is 3. The number of nitrogens with one attached hydrogen (secondary N) is 2.